The quantitative estimate of drug-likeness (QED) is 0.781. The Labute approximate surface area is 108 Å². The Morgan fingerprint density at radius 1 is 1.56 bits per heavy atom. The molecular formula is C11H11N3O3S. The molecule has 6 nitrogen and oxygen atoms in total. The topological polar surface area (TPSA) is 114 Å². The van der Waals surface area contributed by atoms with E-state index in [1.165, 1.54) is 0 Å². The molecule has 0 saturated heterocycles. The van der Waals surface area contributed by atoms with Crippen LogP contribution in [0.15, 0.2) is 10.6 Å². The van der Waals surface area contributed by atoms with Gasteiger partial charge >= 0.3 is 5.97 Å². The number of hydrogen-bond acceptors (Lipinski definition) is 5. The second-order valence-electron chi connectivity index (χ2n) is 4.27. The van der Waals surface area contributed by atoms with Crippen molar-refractivity contribution >= 4 is 23.6 Å². The number of carboxylic acid groups (broad SMARTS) is 1. The number of thioether (sulfide) groups is 1. The highest BCUT2D eigenvalue weighted by atomic mass is 32.2. The fourth-order valence-corrected chi connectivity index (χ4v) is 2.56. The number of hydrogen-bond donors (Lipinski definition) is 2. The van der Waals surface area contributed by atoms with Gasteiger partial charge in [-0.15, -0.1) is 0 Å². The summed E-state index contributed by atoms with van der Waals surface area (Å²) in [4.78, 5) is 22.2. The number of amides is 1. The van der Waals surface area contributed by atoms with Gasteiger partial charge in [0.05, 0.1) is 28.5 Å². The van der Waals surface area contributed by atoms with Crippen LogP contribution in [0, 0.1) is 34.0 Å². The van der Waals surface area contributed by atoms with Crippen LogP contribution in [0.1, 0.15) is 13.8 Å². The van der Waals surface area contributed by atoms with Crippen LogP contribution in [0.2, 0.25) is 0 Å². The molecule has 0 fully saturated rings. The van der Waals surface area contributed by atoms with Crippen molar-refractivity contribution in [1.82, 2.24) is 5.32 Å². The molecule has 18 heavy (non-hydrogen) atoms. The molecule has 0 aromatic heterocycles. The molecule has 0 spiro atoms. The molecule has 0 saturated carbocycles. The molecule has 2 N–H and O–H groups in total. The summed E-state index contributed by atoms with van der Waals surface area (Å²) in [6.45, 7) is 3.25. The number of carbonyl (C=O) groups is 2. The van der Waals surface area contributed by atoms with Crippen LogP contribution < -0.4 is 5.32 Å². The highest BCUT2D eigenvalue weighted by Gasteiger charge is 2.44. The largest absolute Gasteiger partial charge is 0.481 e. The highest BCUT2D eigenvalue weighted by molar-refractivity contribution is 8.03. The standard InChI is InChI=1S/C11H11N3O3S/c1-11(2)6(3-12)9(17)14-10(7(11)4-13)18-5-8(15)16/h6H,5H2,1-2H3,(H,14,17)(H,15,16). The van der Waals surface area contributed by atoms with Crippen molar-refractivity contribution < 1.29 is 14.7 Å². The fraction of sp³-hybridized carbons (Fsp3) is 0.455. The van der Waals surface area contributed by atoms with E-state index < -0.39 is 23.2 Å². The van der Waals surface area contributed by atoms with Gasteiger partial charge in [0.25, 0.3) is 0 Å². The maximum Gasteiger partial charge on any atom is 0.313 e. The van der Waals surface area contributed by atoms with E-state index >= 15 is 0 Å². The first-order chi connectivity index (χ1) is 8.34. The zero-order valence-electron chi connectivity index (χ0n) is 9.85. The molecule has 1 unspecified atom stereocenters. The molecule has 1 aliphatic rings. The predicted octanol–water partition coefficient (Wildman–Crippen LogP) is 0.835. The Kier molecular flexibility index (Phi) is 4.00. The molecule has 0 aromatic carbocycles. The Hall–Kier alpha value is -1.99. The molecule has 94 valence electrons. The van der Waals surface area contributed by atoms with Crippen molar-refractivity contribution in [1.29, 1.82) is 10.5 Å². The Morgan fingerprint density at radius 2 is 2.17 bits per heavy atom. The normalized spacial score (nSPS) is 21.8. The summed E-state index contributed by atoms with van der Waals surface area (Å²) < 4.78 is 0. The molecule has 1 aliphatic heterocycles. The Balaban J connectivity index is 3.18. The Bertz CT molecular complexity index is 511. The summed E-state index contributed by atoms with van der Waals surface area (Å²) >= 11 is 0.873. The summed E-state index contributed by atoms with van der Waals surface area (Å²) in [6, 6.07) is 3.82. The van der Waals surface area contributed by atoms with E-state index in [4.69, 9.17) is 15.6 Å². The van der Waals surface area contributed by atoms with Crippen LogP contribution in [0.4, 0.5) is 0 Å². The van der Waals surface area contributed by atoms with Gasteiger partial charge in [0.2, 0.25) is 5.91 Å². The SMILES string of the molecule is CC1(C)C(C#N)=C(SCC(=O)O)NC(=O)C1C#N. The predicted molar refractivity (Wildman–Crippen MR) is 63.8 cm³/mol. The molecule has 1 amide bonds. The number of nitrogens with one attached hydrogen (secondary N) is 1. The lowest BCUT2D eigenvalue weighted by Crippen LogP contribution is -2.44. The summed E-state index contributed by atoms with van der Waals surface area (Å²) in [5.74, 6) is -2.76. The second kappa shape index (κ2) is 5.11. The van der Waals surface area contributed by atoms with Gasteiger partial charge in [0.1, 0.15) is 5.92 Å². The fourth-order valence-electron chi connectivity index (χ4n) is 1.67. The number of allylic oxidation sites excluding steroid dienone is 1. The summed E-state index contributed by atoms with van der Waals surface area (Å²) in [5, 5.41) is 29.4. The molecule has 0 aliphatic carbocycles. The summed E-state index contributed by atoms with van der Waals surface area (Å²) in [5.41, 5.74) is -0.688. The molecule has 1 atom stereocenters. The van der Waals surface area contributed by atoms with Crippen molar-refractivity contribution in [3.63, 3.8) is 0 Å². The summed E-state index contributed by atoms with van der Waals surface area (Å²) in [6.07, 6.45) is 0. The molecule has 1 rings (SSSR count). The van der Waals surface area contributed by atoms with Gasteiger partial charge in [-0.3, -0.25) is 9.59 Å². The van der Waals surface area contributed by atoms with E-state index in [2.05, 4.69) is 5.32 Å². The van der Waals surface area contributed by atoms with Crippen molar-refractivity contribution in [3.8, 4) is 12.1 Å². The first-order valence-corrected chi connectivity index (χ1v) is 6.03. The maximum absolute atomic E-state index is 11.7. The van der Waals surface area contributed by atoms with Crippen molar-refractivity contribution in [3.05, 3.63) is 10.6 Å². The van der Waals surface area contributed by atoms with Gasteiger partial charge in [0, 0.05) is 5.41 Å². The first kappa shape index (κ1) is 14.1. The second-order valence-corrected chi connectivity index (χ2v) is 5.26. The van der Waals surface area contributed by atoms with Gasteiger partial charge in [0.15, 0.2) is 0 Å². The van der Waals surface area contributed by atoms with Crippen LogP contribution in [0.3, 0.4) is 0 Å². The Morgan fingerprint density at radius 3 is 2.61 bits per heavy atom. The number of carboxylic acids is 1. The van der Waals surface area contributed by atoms with Crippen molar-refractivity contribution in [2.45, 2.75) is 13.8 Å². The minimum Gasteiger partial charge on any atom is -0.481 e. The summed E-state index contributed by atoms with van der Waals surface area (Å²) in [7, 11) is 0. The molecular weight excluding hydrogens is 254 g/mol. The minimum absolute atomic E-state index is 0.224. The molecule has 0 bridgehead atoms. The van der Waals surface area contributed by atoms with Gasteiger partial charge in [-0.1, -0.05) is 25.6 Å². The van der Waals surface area contributed by atoms with E-state index in [1.54, 1.807) is 13.8 Å². The number of nitriles is 2. The monoisotopic (exact) mass is 265 g/mol. The van der Waals surface area contributed by atoms with Crippen molar-refractivity contribution in [2.75, 3.05) is 5.75 Å². The molecule has 7 heteroatoms. The lowest BCUT2D eigenvalue weighted by molar-refractivity contribution is -0.134. The van der Waals surface area contributed by atoms with E-state index in [9.17, 15) is 9.59 Å². The molecule has 0 radical (unpaired) electrons. The lowest BCUT2D eigenvalue weighted by atomic mass is 9.72. The number of aliphatic carboxylic acids is 1. The first-order valence-electron chi connectivity index (χ1n) is 5.04. The maximum atomic E-state index is 11.7. The zero-order chi connectivity index (χ0) is 13.9. The van der Waals surface area contributed by atoms with E-state index in [0.717, 1.165) is 11.8 Å². The average molecular weight is 265 g/mol. The minimum atomic E-state index is -1.04. The van der Waals surface area contributed by atoms with Crippen molar-refractivity contribution in [2.24, 2.45) is 11.3 Å². The van der Waals surface area contributed by atoms with E-state index in [0.29, 0.717) is 0 Å². The van der Waals surface area contributed by atoms with Gasteiger partial charge < -0.3 is 10.4 Å². The third kappa shape index (κ3) is 2.47. The third-order valence-corrected chi connectivity index (χ3v) is 3.66. The smallest absolute Gasteiger partial charge is 0.313 e. The third-order valence-electron chi connectivity index (χ3n) is 2.67. The van der Waals surface area contributed by atoms with E-state index in [-0.39, 0.29) is 16.4 Å². The number of nitrogens with zero attached hydrogens (tertiary/aromatic N) is 2. The zero-order valence-corrected chi connectivity index (χ0v) is 10.7. The average Bonchev–Trinajstić information content (AvgIpc) is 2.25. The highest BCUT2D eigenvalue weighted by Crippen LogP contribution is 2.41. The lowest BCUT2D eigenvalue weighted by Gasteiger charge is -2.34. The van der Waals surface area contributed by atoms with Crippen LogP contribution >= 0.6 is 11.8 Å². The van der Waals surface area contributed by atoms with Gasteiger partial charge in [-0.05, 0) is 0 Å². The van der Waals surface area contributed by atoms with Crippen LogP contribution in [0.5, 0.6) is 0 Å². The van der Waals surface area contributed by atoms with Crippen LogP contribution in [-0.4, -0.2) is 22.7 Å². The van der Waals surface area contributed by atoms with Gasteiger partial charge in [-0.2, -0.15) is 10.5 Å². The molecule has 1 heterocycles. The van der Waals surface area contributed by atoms with Crippen LogP contribution in [-0.2, 0) is 9.59 Å². The van der Waals surface area contributed by atoms with Crippen LogP contribution in [0.25, 0.3) is 0 Å². The van der Waals surface area contributed by atoms with Gasteiger partial charge in [-0.25, -0.2) is 0 Å². The number of rotatable bonds is 3. The van der Waals surface area contributed by atoms with E-state index in [1.807, 2.05) is 12.1 Å². The number of carbonyl (C=O) groups excluding carboxylic acids is 1. The molecule has 0 aromatic rings.